The van der Waals surface area contributed by atoms with E-state index in [1.54, 1.807) is 23.1 Å². The highest BCUT2D eigenvalue weighted by molar-refractivity contribution is 5.89. The number of piperazine rings is 2. The molecule has 4 rings (SSSR count). The van der Waals surface area contributed by atoms with Gasteiger partial charge in [-0.2, -0.15) is 0 Å². The number of rotatable bonds is 3. The van der Waals surface area contributed by atoms with Crippen LogP contribution in [-0.4, -0.2) is 85.4 Å². The van der Waals surface area contributed by atoms with Crippen molar-refractivity contribution in [3.8, 4) is 0 Å². The number of hydrogen-bond donors (Lipinski definition) is 1. The van der Waals surface area contributed by atoms with E-state index >= 15 is 0 Å². The lowest BCUT2D eigenvalue weighted by Gasteiger charge is -2.35. The van der Waals surface area contributed by atoms with Gasteiger partial charge in [0.05, 0.1) is 5.69 Å². The molecule has 3 heterocycles. The molecule has 0 spiro atoms. The predicted molar refractivity (Wildman–Crippen MR) is 111 cm³/mol. The van der Waals surface area contributed by atoms with Crippen LogP contribution in [0.25, 0.3) is 0 Å². The number of benzene rings is 1. The molecule has 8 nitrogen and oxygen atoms in total. The van der Waals surface area contributed by atoms with E-state index in [0.717, 1.165) is 37.8 Å². The third kappa shape index (κ3) is 4.56. The molecule has 0 atom stereocenters. The van der Waals surface area contributed by atoms with E-state index in [0.29, 0.717) is 26.2 Å². The summed E-state index contributed by atoms with van der Waals surface area (Å²) in [4.78, 5) is 20.8. The first kappa shape index (κ1) is 19.4. The van der Waals surface area contributed by atoms with Gasteiger partial charge in [0, 0.05) is 52.4 Å². The maximum atomic E-state index is 13.7. The van der Waals surface area contributed by atoms with Crippen LogP contribution in [0.15, 0.2) is 36.4 Å². The second kappa shape index (κ2) is 8.60. The summed E-state index contributed by atoms with van der Waals surface area (Å²) in [6.07, 6.45) is 0. The molecule has 0 aliphatic carbocycles. The number of anilines is 3. The summed E-state index contributed by atoms with van der Waals surface area (Å²) in [5.74, 6) is 1.29. The van der Waals surface area contributed by atoms with Crippen LogP contribution >= 0.6 is 0 Å². The maximum absolute atomic E-state index is 13.7. The summed E-state index contributed by atoms with van der Waals surface area (Å²) in [6, 6.07) is 9.91. The van der Waals surface area contributed by atoms with E-state index in [-0.39, 0.29) is 11.7 Å². The second-order valence-corrected chi connectivity index (χ2v) is 7.42. The van der Waals surface area contributed by atoms with Crippen molar-refractivity contribution in [2.24, 2.45) is 0 Å². The monoisotopic (exact) mass is 399 g/mol. The number of nitrogens with zero attached hydrogens (tertiary/aromatic N) is 6. The molecule has 9 heteroatoms. The van der Waals surface area contributed by atoms with Crippen LogP contribution in [0.2, 0.25) is 0 Å². The van der Waals surface area contributed by atoms with Crippen LogP contribution in [0.1, 0.15) is 0 Å². The van der Waals surface area contributed by atoms with Gasteiger partial charge in [-0.15, -0.1) is 10.2 Å². The number of para-hydroxylation sites is 1. The predicted octanol–water partition coefficient (Wildman–Crippen LogP) is 1.72. The third-order valence-electron chi connectivity index (χ3n) is 5.47. The molecule has 1 N–H and O–H groups in total. The molecule has 2 amide bonds. The fraction of sp³-hybridized carbons (Fsp3) is 0.450. The van der Waals surface area contributed by atoms with Crippen molar-refractivity contribution >= 4 is 23.4 Å². The van der Waals surface area contributed by atoms with Crippen LogP contribution < -0.4 is 15.1 Å². The molecule has 1 aromatic carbocycles. The lowest BCUT2D eigenvalue weighted by molar-refractivity contribution is 0.208. The highest BCUT2D eigenvalue weighted by Gasteiger charge is 2.23. The minimum absolute atomic E-state index is 0.199. The Morgan fingerprint density at radius 1 is 0.862 bits per heavy atom. The number of carbonyl (C=O) groups is 1. The number of aromatic nitrogens is 2. The van der Waals surface area contributed by atoms with E-state index in [1.807, 2.05) is 12.1 Å². The van der Waals surface area contributed by atoms with Gasteiger partial charge in [0.25, 0.3) is 0 Å². The first-order valence-electron chi connectivity index (χ1n) is 9.93. The zero-order valence-electron chi connectivity index (χ0n) is 16.6. The summed E-state index contributed by atoms with van der Waals surface area (Å²) >= 11 is 0. The van der Waals surface area contributed by atoms with Crippen LogP contribution in [0.4, 0.5) is 26.5 Å². The van der Waals surface area contributed by atoms with Gasteiger partial charge in [-0.1, -0.05) is 12.1 Å². The number of carbonyl (C=O) groups excluding carboxylic acids is 1. The molecule has 0 unspecified atom stereocenters. The van der Waals surface area contributed by atoms with Gasteiger partial charge in [-0.25, -0.2) is 9.18 Å². The topological polar surface area (TPSA) is 67.8 Å². The van der Waals surface area contributed by atoms with Crippen molar-refractivity contribution in [3.63, 3.8) is 0 Å². The van der Waals surface area contributed by atoms with E-state index in [1.165, 1.54) is 6.07 Å². The zero-order chi connectivity index (χ0) is 20.2. The van der Waals surface area contributed by atoms with Crippen molar-refractivity contribution in [2.45, 2.75) is 0 Å². The lowest BCUT2D eigenvalue weighted by Crippen LogP contribution is -2.50. The Labute approximate surface area is 169 Å². The van der Waals surface area contributed by atoms with E-state index < -0.39 is 5.82 Å². The number of amides is 2. The Bertz CT molecular complexity index is 831. The van der Waals surface area contributed by atoms with Crippen LogP contribution in [-0.2, 0) is 0 Å². The van der Waals surface area contributed by atoms with Gasteiger partial charge in [0.1, 0.15) is 5.82 Å². The number of hydrogen-bond acceptors (Lipinski definition) is 6. The largest absolute Gasteiger partial charge is 0.353 e. The van der Waals surface area contributed by atoms with Crippen molar-refractivity contribution in [3.05, 3.63) is 42.2 Å². The molecule has 2 aliphatic heterocycles. The number of nitrogens with one attached hydrogen (secondary N) is 1. The molecule has 154 valence electrons. The van der Waals surface area contributed by atoms with Crippen LogP contribution in [0.3, 0.4) is 0 Å². The average Bonchev–Trinajstić information content (AvgIpc) is 2.76. The number of likely N-dealkylation sites (N-methyl/N-ethyl adjacent to an activating group) is 1. The molecule has 1 aromatic heterocycles. The van der Waals surface area contributed by atoms with Gasteiger partial charge in [0.2, 0.25) is 0 Å². The van der Waals surface area contributed by atoms with Crippen molar-refractivity contribution in [2.75, 3.05) is 74.5 Å². The molecule has 0 radical (unpaired) electrons. The molecular formula is C20H26FN7O. The van der Waals surface area contributed by atoms with Crippen molar-refractivity contribution < 1.29 is 9.18 Å². The Balaban J connectivity index is 1.30. The first-order chi connectivity index (χ1) is 14.1. The van der Waals surface area contributed by atoms with E-state index in [2.05, 4.69) is 37.3 Å². The fourth-order valence-electron chi connectivity index (χ4n) is 3.59. The smallest absolute Gasteiger partial charge is 0.322 e. The van der Waals surface area contributed by atoms with Gasteiger partial charge in [-0.05, 0) is 31.3 Å². The maximum Gasteiger partial charge on any atom is 0.322 e. The SMILES string of the molecule is CN1CCN(c2ccc(N3CCN(C(=O)Nc4ccccc4F)CC3)nn2)CC1. The third-order valence-corrected chi connectivity index (χ3v) is 5.47. The van der Waals surface area contributed by atoms with Gasteiger partial charge < -0.3 is 24.9 Å². The molecule has 0 bridgehead atoms. The summed E-state index contributed by atoms with van der Waals surface area (Å²) < 4.78 is 13.7. The standard InChI is InChI=1S/C20H26FN7O/c1-25-8-10-26(11-9-25)18-6-7-19(24-23-18)27-12-14-28(15-13-27)20(29)22-17-5-3-2-4-16(17)21/h2-7H,8-15H2,1H3,(H,22,29). The summed E-state index contributed by atoms with van der Waals surface area (Å²) in [6.45, 7) is 6.38. The number of halogens is 1. The summed E-state index contributed by atoms with van der Waals surface area (Å²) in [7, 11) is 2.13. The Morgan fingerprint density at radius 2 is 1.41 bits per heavy atom. The van der Waals surface area contributed by atoms with Crippen LogP contribution in [0, 0.1) is 5.82 Å². The van der Waals surface area contributed by atoms with E-state index in [9.17, 15) is 9.18 Å². The zero-order valence-corrected chi connectivity index (χ0v) is 16.6. The molecule has 0 saturated carbocycles. The van der Waals surface area contributed by atoms with Gasteiger partial charge in [0.15, 0.2) is 11.6 Å². The van der Waals surface area contributed by atoms with Crippen molar-refractivity contribution in [1.82, 2.24) is 20.0 Å². The number of urea groups is 1. The minimum atomic E-state index is -0.435. The summed E-state index contributed by atoms with van der Waals surface area (Å²) in [5, 5.41) is 11.4. The van der Waals surface area contributed by atoms with Crippen molar-refractivity contribution in [1.29, 1.82) is 0 Å². The highest BCUT2D eigenvalue weighted by atomic mass is 19.1. The fourth-order valence-corrected chi connectivity index (χ4v) is 3.59. The molecule has 2 aromatic rings. The lowest BCUT2D eigenvalue weighted by atomic mass is 10.3. The molecule has 29 heavy (non-hydrogen) atoms. The molecule has 2 saturated heterocycles. The van der Waals surface area contributed by atoms with Gasteiger partial charge >= 0.3 is 6.03 Å². The van der Waals surface area contributed by atoms with E-state index in [4.69, 9.17) is 0 Å². The Hall–Kier alpha value is -2.94. The van der Waals surface area contributed by atoms with Crippen LogP contribution in [0.5, 0.6) is 0 Å². The second-order valence-electron chi connectivity index (χ2n) is 7.42. The normalized spacial score (nSPS) is 18.1. The molecule has 2 aliphatic rings. The Morgan fingerprint density at radius 3 is 1.97 bits per heavy atom. The molecular weight excluding hydrogens is 373 g/mol. The minimum Gasteiger partial charge on any atom is -0.353 e. The first-order valence-corrected chi connectivity index (χ1v) is 9.93. The highest BCUT2D eigenvalue weighted by Crippen LogP contribution is 2.18. The quantitative estimate of drug-likeness (QED) is 0.848. The van der Waals surface area contributed by atoms with Gasteiger partial charge in [-0.3, -0.25) is 0 Å². The Kier molecular flexibility index (Phi) is 5.75. The molecule has 2 fully saturated rings. The average molecular weight is 399 g/mol. The summed E-state index contributed by atoms with van der Waals surface area (Å²) in [5.41, 5.74) is 0.199.